The summed E-state index contributed by atoms with van der Waals surface area (Å²) < 4.78 is 53.9. The number of hydrogen-bond acceptors (Lipinski definition) is 5. The molecule has 2 aliphatic rings. The van der Waals surface area contributed by atoms with Crippen LogP contribution in [-0.2, 0) is 10.2 Å². The number of hydrogen-bond donors (Lipinski definition) is 1. The van der Waals surface area contributed by atoms with Gasteiger partial charge in [0, 0.05) is 49.5 Å². The van der Waals surface area contributed by atoms with Crippen molar-refractivity contribution in [2.45, 2.75) is 25.9 Å². The van der Waals surface area contributed by atoms with Crippen LogP contribution in [0.2, 0.25) is 0 Å². The second kappa shape index (κ2) is 7.09. The molecule has 7 nitrogen and oxygen atoms in total. The molecule has 2 aromatic rings. The van der Waals surface area contributed by atoms with Gasteiger partial charge in [-0.3, -0.25) is 4.98 Å². The van der Waals surface area contributed by atoms with Crippen LogP contribution in [0.3, 0.4) is 0 Å². The Morgan fingerprint density at radius 3 is 2.50 bits per heavy atom. The number of ether oxygens (including phenoxy) is 1. The summed E-state index contributed by atoms with van der Waals surface area (Å²) in [6.45, 7) is -0.350. The van der Waals surface area contributed by atoms with Crippen LogP contribution >= 0.6 is 0 Å². The number of pyridine rings is 1. The van der Waals surface area contributed by atoms with E-state index in [1.807, 2.05) is 6.07 Å². The average Bonchev–Trinajstić information content (AvgIpc) is 3.05. The van der Waals surface area contributed by atoms with E-state index in [-0.39, 0.29) is 11.2 Å². The van der Waals surface area contributed by atoms with Gasteiger partial charge in [0.25, 0.3) is 10.2 Å². The van der Waals surface area contributed by atoms with Crippen molar-refractivity contribution in [1.29, 1.82) is 0 Å². The zero-order valence-corrected chi connectivity index (χ0v) is 16.0. The van der Waals surface area contributed by atoms with E-state index in [1.165, 1.54) is 16.4 Å². The van der Waals surface area contributed by atoms with E-state index in [9.17, 15) is 17.2 Å². The summed E-state index contributed by atoms with van der Waals surface area (Å²) in [6, 6.07) is 6.70. The predicted molar refractivity (Wildman–Crippen MR) is 102 cm³/mol. The molecule has 2 aliphatic heterocycles. The van der Waals surface area contributed by atoms with E-state index in [4.69, 9.17) is 5.14 Å². The first kappa shape index (κ1) is 19.3. The minimum Gasteiger partial charge on any atom is -0.435 e. The van der Waals surface area contributed by atoms with E-state index in [2.05, 4.69) is 14.6 Å². The summed E-state index contributed by atoms with van der Waals surface area (Å²) in [5.74, 6) is 0.0822. The fourth-order valence-electron chi connectivity index (χ4n) is 4.31. The van der Waals surface area contributed by atoms with E-state index < -0.39 is 16.8 Å². The Morgan fingerprint density at radius 2 is 1.86 bits per heavy atom. The minimum absolute atomic E-state index is 0.0238. The summed E-state index contributed by atoms with van der Waals surface area (Å²) in [5, 5.41) is 6.15. The molecule has 0 unspecified atom stereocenters. The van der Waals surface area contributed by atoms with Crippen molar-refractivity contribution >= 4 is 26.8 Å². The van der Waals surface area contributed by atoms with Gasteiger partial charge in [-0.25, -0.2) is 5.14 Å². The Kier molecular flexibility index (Phi) is 4.88. The van der Waals surface area contributed by atoms with Gasteiger partial charge in [0.2, 0.25) is 0 Å². The van der Waals surface area contributed by atoms with Gasteiger partial charge in [-0.2, -0.15) is 21.5 Å². The number of benzene rings is 1. The Bertz CT molecular complexity index is 978. The van der Waals surface area contributed by atoms with Crippen molar-refractivity contribution in [3.63, 3.8) is 0 Å². The van der Waals surface area contributed by atoms with Gasteiger partial charge in [-0.1, -0.05) is 0 Å². The van der Waals surface area contributed by atoms with Crippen LogP contribution in [0, 0.1) is 5.41 Å². The predicted octanol–water partition coefficient (Wildman–Crippen LogP) is 2.33. The van der Waals surface area contributed by atoms with Crippen molar-refractivity contribution in [3.05, 3.63) is 30.5 Å². The molecule has 0 saturated carbocycles. The Hall–Kier alpha value is -2.04. The molecule has 0 atom stereocenters. The number of anilines is 1. The highest BCUT2D eigenvalue weighted by atomic mass is 32.2. The maximum Gasteiger partial charge on any atom is 0.387 e. The molecule has 152 valence electrons. The van der Waals surface area contributed by atoms with Gasteiger partial charge in [0.15, 0.2) is 0 Å². The summed E-state index contributed by atoms with van der Waals surface area (Å²) in [4.78, 5) is 6.51. The normalized spacial score (nSPS) is 20.4. The lowest BCUT2D eigenvalue weighted by atomic mass is 9.77. The molecule has 2 N–H and O–H groups in total. The number of nitrogens with zero attached hydrogens (tertiary/aromatic N) is 3. The zero-order valence-electron chi connectivity index (χ0n) is 15.2. The molecule has 0 amide bonds. The molecular formula is C18H22F2N4O3S. The number of nitrogens with two attached hydrogens (primary N) is 1. The summed E-state index contributed by atoms with van der Waals surface area (Å²) in [6.07, 6.45) is 4.22. The number of aromatic nitrogens is 1. The topological polar surface area (TPSA) is 88.8 Å². The van der Waals surface area contributed by atoms with Crippen molar-refractivity contribution in [1.82, 2.24) is 9.29 Å². The molecule has 4 rings (SSSR count). The van der Waals surface area contributed by atoms with Crippen LogP contribution in [0.4, 0.5) is 14.5 Å². The number of halogens is 2. The average molecular weight is 412 g/mol. The molecule has 1 aromatic carbocycles. The van der Waals surface area contributed by atoms with E-state index in [0.717, 1.165) is 43.4 Å². The molecule has 2 saturated heterocycles. The van der Waals surface area contributed by atoms with Gasteiger partial charge in [0.05, 0.1) is 5.52 Å². The van der Waals surface area contributed by atoms with Crippen LogP contribution in [0.5, 0.6) is 5.75 Å². The summed E-state index contributed by atoms with van der Waals surface area (Å²) >= 11 is 0. The number of alkyl halides is 2. The highest BCUT2D eigenvalue weighted by molar-refractivity contribution is 7.86. The summed E-state index contributed by atoms with van der Waals surface area (Å²) in [5.41, 5.74) is 1.56. The SMILES string of the molecule is NS(=O)(=O)N1CCC2(CCN(c3ccnc4cc(OC(F)F)ccc34)CC2)C1. The molecule has 3 heterocycles. The van der Waals surface area contributed by atoms with Crippen molar-refractivity contribution in [2.24, 2.45) is 10.6 Å². The van der Waals surface area contributed by atoms with Crippen LogP contribution in [0.1, 0.15) is 19.3 Å². The maximum absolute atomic E-state index is 12.4. The third-order valence-electron chi connectivity index (χ3n) is 5.84. The van der Waals surface area contributed by atoms with Gasteiger partial charge >= 0.3 is 6.61 Å². The highest BCUT2D eigenvalue weighted by Crippen LogP contribution is 2.42. The number of rotatable bonds is 4. The van der Waals surface area contributed by atoms with E-state index in [1.54, 1.807) is 12.3 Å². The lowest BCUT2D eigenvalue weighted by Gasteiger charge is -2.40. The van der Waals surface area contributed by atoms with Gasteiger partial charge in [-0.15, -0.1) is 0 Å². The molecule has 28 heavy (non-hydrogen) atoms. The van der Waals surface area contributed by atoms with Crippen molar-refractivity contribution < 1.29 is 21.9 Å². The maximum atomic E-state index is 12.4. The lowest BCUT2D eigenvalue weighted by Crippen LogP contribution is -2.43. The smallest absolute Gasteiger partial charge is 0.387 e. The fraction of sp³-hybridized carbons (Fsp3) is 0.500. The van der Waals surface area contributed by atoms with Crippen molar-refractivity contribution in [3.8, 4) is 5.75 Å². The first-order valence-corrected chi connectivity index (χ1v) is 10.6. The van der Waals surface area contributed by atoms with Crippen molar-refractivity contribution in [2.75, 3.05) is 31.1 Å². The Labute approximate surface area is 162 Å². The van der Waals surface area contributed by atoms with Gasteiger partial charge in [-0.05, 0) is 42.9 Å². The lowest BCUT2D eigenvalue weighted by molar-refractivity contribution is -0.0497. The standard InChI is InChI=1S/C18H22F2N4O3S/c19-17(20)27-13-1-2-14-15(11-13)22-7-3-16(14)23-8-4-18(5-9-23)6-10-24(12-18)28(21,25)26/h1-3,7,11,17H,4-6,8-10,12H2,(H2,21,25,26). The van der Waals surface area contributed by atoms with Crippen LogP contribution in [0.25, 0.3) is 10.9 Å². The third-order valence-corrected chi connectivity index (χ3v) is 6.88. The monoisotopic (exact) mass is 412 g/mol. The minimum atomic E-state index is -3.64. The molecular weight excluding hydrogens is 390 g/mol. The second-order valence-corrected chi connectivity index (χ2v) is 9.05. The first-order valence-electron chi connectivity index (χ1n) is 9.12. The third kappa shape index (κ3) is 3.76. The van der Waals surface area contributed by atoms with Gasteiger partial charge < -0.3 is 9.64 Å². The van der Waals surface area contributed by atoms with Crippen LogP contribution in [-0.4, -0.2) is 50.5 Å². The second-order valence-electron chi connectivity index (χ2n) is 7.50. The molecule has 0 radical (unpaired) electrons. The summed E-state index contributed by atoms with van der Waals surface area (Å²) in [7, 11) is -3.64. The zero-order chi connectivity index (χ0) is 19.9. The molecule has 2 fully saturated rings. The number of fused-ring (bicyclic) bond motifs is 1. The molecule has 0 aliphatic carbocycles. The molecule has 0 bridgehead atoms. The highest BCUT2D eigenvalue weighted by Gasteiger charge is 2.43. The molecule has 1 aromatic heterocycles. The fourth-order valence-corrected chi connectivity index (χ4v) is 5.11. The molecule has 10 heteroatoms. The van der Waals surface area contributed by atoms with Crippen LogP contribution in [0.15, 0.2) is 30.5 Å². The largest absolute Gasteiger partial charge is 0.435 e. The molecule has 1 spiro atoms. The number of piperidine rings is 1. The quantitative estimate of drug-likeness (QED) is 0.833. The first-order chi connectivity index (χ1) is 13.3. The van der Waals surface area contributed by atoms with Crippen LogP contribution < -0.4 is 14.8 Å². The Morgan fingerprint density at radius 1 is 1.14 bits per heavy atom. The van der Waals surface area contributed by atoms with Gasteiger partial charge in [0.1, 0.15) is 5.75 Å². The Balaban J connectivity index is 1.51. The van der Waals surface area contributed by atoms with E-state index >= 15 is 0 Å². The van der Waals surface area contributed by atoms with E-state index in [0.29, 0.717) is 18.6 Å².